The van der Waals surface area contributed by atoms with E-state index in [-0.39, 0.29) is 16.5 Å². The van der Waals surface area contributed by atoms with Gasteiger partial charge in [0.1, 0.15) is 0 Å². The largest absolute Gasteiger partial charge is 0.381 e. The van der Waals surface area contributed by atoms with Gasteiger partial charge in [0.25, 0.3) is 0 Å². The molecule has 0 unspecified atom stereocenters. The first-order chi connectivity index (χ1) is 18.5. The molecule has 40 heavy (non-hydrogen) atoms. The number of unbranched alkanes of at least 4 members (excludes halogenated alkanes) is 1. The molecule has 0 bridgehead atoms. The van der Waals surface area contributed by atoms with Gasteiger partial charge in [-0.1, -0.05) is 83.1 Å². The van der Waals surface area contributed by atoms with Gasteiger partial charge in [-0.2, -0.15) is 0 Å². The SMILES string of the molecule is CC(C)(C)Cc1ccc(CCCCNC(C)(C)CCC(C)(C)COCCc2ccc(CNC(C)(C)C)cc2)cc1. The van der Waals surface area contributed by atoms with Gasteiger partial charge in [-0.15, -0.1) is 0 Å². The normalized spacial score (nSPS) is 13.2. The lowest BCUT2D eigenvalue weighted by Gasteiger charge is -2.32. The number of hydrogen-bond acceptors (Lipinski definition) is 3. The molecule has 2 aromatic carbocycles. The highest BCUT2D eigenvalue weighted by Crippen LogP contribution is 2.27. The second-order valence-electron chi connectivity index (χ2n) is 15.7. The Kier molecular flexibility index (Phi) is 13.4. The van der Waals surface area contributed by atoms with Crippen molar-refractivity contribution in [1.29, 1.82) is 0 Å². The first kappa shape index (κ1) is 34.5. The van der Waals surface area contributed by atoms with Gasteiger partial charge in [-0.3, -0.25) is 0 Å². The van der Waals surface area contributed by atoms with Crippen LogP contribution in [0.25, 0.3) is 0 Å². The Morgan fingerprint density at radius 3 is 1.73 bits per heavy atom. The lowest BCUT2D eigenvalue weighted by Crippen LogP contribution is -2.41. The standard InChI is InChI=1S/C37H62N2O/c1-34(2,3)27-32-18-14-30(15-19-32)13-11-12-25-38-37(9,10)24-23-36(7,8)29-40-26-22-31-16-20-33(21-17-31)28-39-35(4,5)6/h14-21,38-39H,11-13,22-29H2,1-10H3. The summed E-state index contributed by atoms with van der Waals surface area (Å²) in [5.74, 6) is 0. The van der Waals surface area contributed by atoms with Crippen LogP contribution >= 0.6 is 0 Å². The second-order valence-corrected chi connectivity index (χ2v) is 15.7. The summed E-state index contributed by atoms with van der Waals surface area (Å²) in [6.45, 7) is 26.5. The van der Waals surface area contributed by atoms with Crippen LogP contribution in [0.1, 0.15) is 117 Å². The van der Waals surface area contributed by atoms with Crippen molar-refractivity contribution < 1.29 is 4.74 Å². The van der Waals surface area contributed by atoms with Crippen molar-refractivity contribution in [2.24, 2.45) is 10.8 Å². The zero-order valence-corrected chi connectivity index (χ0v) is 27.8. The summed E-state index contributed by atoms with van der Waals surface area (Å²) in [5, 5.41) is 7.37. The summed E-state index contributed by atoms with van der Waals surface area (Å²) >= 11 is 0. The van der Waals surface area contributed by atoms with Crippen LogP contribution in [0.2, 0.25) is 0 Å². The Labute approximate surface area is 248 Å². The van der Waals surface area contributed by atoms with E-state index in [1.165, 1.54) is 41.5 Å². The van der Waals surface area contributed by atoms with Crippen molar-refractivity contribution in [3.63, 3.8) is 0 Å². The van der Waals surface area contributed by atoms with E-state index in [9.17, 15) is 0 Å². The quantitative estimate of drug-likeness (QED) is 0.193. The Morgan fingerprint density at radius 1 is 0.600 bits per heavy atom. The third-order valence-corrected chi connectivity index (χ3v) is 7.55. The molecule has 0 aliphatic carbocycles. The lowest BCUT2D eigenvalue weighted by molar-refractivity contribution is 0.0546. The molecule has 0 atom stereocenters. The minimum atomic E-state index is 0.143. The van der Waals surface area contributed by atoms with Gasteiger partial charge in [-0.25, -0.2) is 0 Å². The molecular formula is C37H62N2O. The summed E-state index contributed by atoms with van der Waals surface area (Å²) in [6, 6.07) is 18.2. The number of hydrogen-bond donors (Lipinski definition) is 2. The van der Waals surface area contributed by atoms with E-state index < -0.39 is 0 Å². The van der Waals surface area contributed by atoms with Crippen molar-refractivity contribution in [3.8, 4) is 0 Å². The van der Waals surface area contributed by atoms with Crippen LogP contribution in [-0.2, 0) is 30.5 Å². The predicted molar refractivity (Wildman–Crippen MR) is 175 cm³/mol. The minimum Gasteiger partial charge on any atom is -0.381 e. The second kappa shape index (κ2) is 15.5. The molecule has 0 aliphatic heterocycles. The van der Waals surface area contributed by atoms with Gasteiger partial charge in [0.05, 0.1) is 13.2 Å². The molecule has 0 saturated heterocycles. The summed E-state index contributed by atoms with van der Waals surface area (Å²) in [6.07, 6.45) is 8.04. The molecule has 0 saturated carbocycles. The van der Waals surface area contributed by atoms with E-state index in [1.807, 2.05) is 0 Å². The van der Waals surface area contributed by atoms with Crippen LogP contribution in [-0.4, -0.2) is 30.8 Å². The Balaban J connectivity index is 1.59. The fourth-order valence-electron chi connectivity index (χ4n) is 4.86. The van der Waals surface area contributed by atoms with Crippen LogP contribution in [0, 0.1) is 10.8 Å². The number of aryl methyl sites for hydroxylation is 1. The van der Waals surface area contributed by atoms with Crippen LogP contribution in [0.5, 0.6) is 0 Å². The monoisotopic (exact) mass is 550 g/mol. The van der Waals surface area contributed by atoms with E-state index in [1.54, 1.807) is 0 Å². The van der Waals surface area contributed by atoms with Crippen molar-refractivity contribution >= 4 is 0 Å². The van der Waals surface area contributed by atoms with Gasteiger partial charge in [0.2, 0.25) is 0 Å². The van der Waals surface area contributed by atoms with Crippen molar-refractivity contribution in [1.82, 2.24) is 10.6 Å². The molecule has 0 aliphatic rings. The lowest BCUT2D eigenvalue weighted by atomic mass is 9.83. The fourth-order valence-corrected chi connectivity index (χ4v) is 4.86. The van der Waals surface area contributed by atoms with Crippen LogP contribution in [0.4, 0.5) is 0 Å². The Bertz CT molecular complexity index is 959. The Morgan fingerprint density at radius 2 is 1.15 bits per heavy atom. The number of nitrogens with one attached hydrogen (secondary N) is 2. The topological polar surface area (TPSA) is 33.3 Å². The molecule has 0 amide bonds. The average molecular weight is 551 g/mol. The number of rotatable bonds is 17. The fraction of sp³-hybridized carbons (Fsp3) is 0.676. The predicted octanol–water partition coefficient (Wildman–Crippen LogP) is 8.92. The van der Waals surface area contributed by atoms with Crippen LogP contribution < -0.4 is 10.6 Å². The van der Waals surface area contributed by atoms with Gasteiger partial charge in [0, 0.05) is 17.6 Å². The first-order valence-electron chi connectivity index (χ1n) is 15.8. The molecule has 0 spiro atoms. The third kappa shape index (κ3) is 15.9. The molecule has 0 radical (unpaired) electrons. The molecule has 0 aromatic heterocycles. The molecule has 2 rings (SSSR count). The molecule has 2 aromatic rings. The van der Waals surface area contributed by atoms with E-state index in [2.05, 4.69) is 128 Å². The van der Waals surface area contributed by atoms with Gasteiger partial charge >= 0.3 is 0 Å². The van der Waals surface area contributed by atoms with E-state index in [4.69, 9.17) is 4.74 Å². The summed E-state index contributed by atoms with van der Waals surface area (Å²) in [7, 11) is 0. The maximum absolute atomic E-state index is 6.14. The summed E-state index contributed by atoms with van der Waals surface area (Å²) < 4.78 is 6.14. The number of ether oxygens (including phenoxy) is 1. The molecule has 226 valence electrons. The molecule has 2 N–H and O–H groups in total. The zero-order chi connectivity index (χ0) is 29.9. The molecule has 3 heteroatoms. The van der Waals surface area contributed by atoms with Gasteiger partial charge < -0.3 is 15.4 Å². The number of benzene rings is 2. The highest BCUT2D eigenvalue weighted by molar-refractivity contribution is 5.24. The van der Waals surface area contributed by atoms with E-state index >= 15 is 0 Å². The van der Waals surface area contributed by atoms with E-state index in [0.29, 0.717) is 5.41 Å². The van der Waals surface area contributed by atoms with Crippen LogP contribution in [0.3, 0.4) is 0 Å². The van der Waals surface area contributed by atoms with E-state index in [0.717, 1.165) is 52.0 Å². The maximum Gasteiger partial charge on any atom is 0.0517 e. The van der Waals surface area contributed by atoms with Gasteiger partial charge in [-0.05, 0) is 119 Å². The van der Waals surface area contributed by atoms with Crippen molar-refractivity contribution in [3.05, 3.63) is 70.8 Å². The summed E-state index contributed by atoms with van der Waals surface area (Å²) in [5.41, 5.74) is 6.41. The highest BCUT2D eigenvalue weighted by atomic mass is 16.5. The smallest absolute Gasteiger partial charge is 0.0517 e. The van der Waals surface area contributed by atoms with Crippen molar-refractivity contribution in [2.45, 2.75) is 132 Å². The highest BCUT2D eigenvalue weighted by Gasteiger charge is 2.24. The first-order valence-corrected chi connectivity index (χ1v) is 15.8. The minimum absolute atomic E-state index is 0.143. The third-order valence-electron chi connectivity index (χ3n) is 7.55. The zero-order valence-electron chi connectivity index (χ0n) is 27.8. The molecule has 0 fully saturated rings. The maximum atomic E-state index is 6.14. The molecule has 0 heterocycles. The average Bonchev–Trinajstić information content (AvgIpc) is 2.84. The Hall–Kier alpha value is -1.68. The van der Waals surface area contributed by atoms with Crippen LogP contribution in [0.15, 0.2) is 48.5 Å². The molecular weight excluding hydrogens is 488 g/mol. The van der Waals surface area contributed by atoms with Crippen molar-refractivity contribution in [2.75, 3.05) is 19.8 Å². The molecule has 3 nitrogen and oxygen atoms in total. The van der Waals surface area contributed by atoms with Gasteiger partial charge in [0.15, 0.2) is 0 Å². The summed E-state index contributed by atoms with van der Waals surface area (Å²) in [4.78, 5) is 0.